The fourth-order valence-electron chi connectivity index (χ4n) is 9.30. The summed E-state index contributed by atoms with van der Waals surface area (Å²) in [5.74, 6) is -12.4. The molecule has 1 aliphatic rings. The first-order valence-electron chi connectivity index (χ1n) is 26.9. The molecule has 1 saturated heterocycles. The van der Waals surface area contributed by atoms with Crippen LogP contribution in [0.2, 0.25) is 0 Å². The summed E-state index contributed by atoms with van der Waals surface area (Å²) in [5.41, 5.74) is 9.57. The van der Waals surface area contributed by atoms with Crippen molar-refractivity contribution >= 4 is 70.9 Å². The number of anilines is 1. The van der Waals surface area contributed by atoms with Crippen LogP contribution >= 0.6 is 11.8 Å². The molecule has 86 heavy (non-hydrogen) atoms. The zero-order chi connectivity index (χ0) is 62.4. The molecule has 0 bridgehead atoms. The van der Waals surface area contributed by atoms with Gasteiger partial charge in [-0.25, -0.2) is 67.8 Å². The highest BCUT2D eigenvalue weighted by Gasteiger charge is 2.34. The predicted octanol–water partition coefficient (Wildman–Crippen LogP) is 9.49. The maximum Gasteiger partial charge on any atom is 0.341 e. The third-order valence-electron chi connectivity index (χ3n) is 13.3. The number of pyridine rings is 1. The lowest BCUT2D eigenvalue weighted by molar-refractivity contribution is 0.0527. The number of carbonyl (C=O) groups is 1. The van der Waals surface area contributed by atoms with E-state index < -0.39 is 60.6 Å². The van der Waals surface area contributed by atoms with Gasteiger partial charge in [-0.1, -0.05) is 48.0 Å². The number of hydrogen-bond acceptors (Lipinski definition) is 18. The second-order valence-electron chi connectivity index (χ2n) is 20.3. The van der Waals surface area contributed by atoms with Crippen LogP contribution < -0.4 is 10.0 Å². The summed E-state index contributed by atoms with van der Waals surface area (Å²) in [6.45, 7) is 17.9. The highest BCUT2D eigenvalue weighted by molar-refractivity contribution is 7.99. The Kier molecular flexibility index (Phi) is 20.4. The Balaban J connectivity index is 0.000000171. The molecule has 0 amide bonds. The molecule has 0 atom stereocenters. The number of aryl methyl sites for hydroxylation is 7. The quantitative estimate of drug-likeness (QED) is 0.0228. The van der Waals surface area contributed by atoms with Gasteiger partial charge in [0, 0.05) is 70.3 Å². The number of esters is 1. The van der Waals surface area contributed by atoms with Crippen molar-refractivity contribution in [3.05, 3.63) is 153 Å². The molecule has 1 fully saturated rings. The van der Waals surface area contributed by atoms with Gasteiger partial charge in [0.15, 0.2) is 39.1 Å². The van der Waals surface area contributed by atoms with Crippen molar-refractivity contribution in [1.29, 1.82) is 0 Å². The molecule has 6 heterocycles. The fraction of sp³-hybridized carbons (Fsp3) is 0.328. The van der Waals surface area contributed by atoms with E-state index in [0.717, 1.165) is 69.4 Å². The normalized spacial score (nSPS) is 13.0. The Morgan fingerprint density at radius 1 is 0.756 bits per heavy atom. The molecule has 2 N–H and O–H groups in total. The van der Waals surface area contributed by atoms with E-state index in [1.54, 1.807) is 36.9 Å². The largest absolute Gasteiger partial charge is 0.462 e. The average Bonchev–Trinajstić information content (AvgIpc) is 1.36. The third-order valence-corrected chi connectivity index (χ3v) is 17.6. The molecular formula is C58H62F5N13O7S3. The van der Waals surface area contributed by atoms with Crippen molar-refractivity contribution < 1.29 is 53.1 Å². The number of nitrogens with zero attached hydrogens (tertiary/aromatic N) is 11. The lowest BCUT2D eigenvalue weighted by Crippen LogP contribution is -2.40. The Morgan fingerprint density at radius 3 is 2.07 bits per heavy atom. The van der Waals surface area contributed by atoms with Gasteiger partial charge in [0.2, 0.25) is 25.9 Å². The molecule has 0 saturated carbocycles. The van der Waals surface area contributed by atoms with Gasteiger partial charge in [-0.3, -0.25) is 4.98 Å². The number of fused-ring (bicyclic) bond motifs is 3. The first-order valence-corrected chi connectivity index (χ1v) is 30.6. The molecule has 0 spiro atoms. The number of nitrogens with one attached hydrogen (secondary N) is 2. The van der Waals surface area contributed by atoms with Crippen LogP contribution in [0.25, 0.3) is 38.7 Å². The van der Waals surface area contributed by atoms with Crippen LogP contribution in [0.4, 0.5) is 27.6 Å². The summed E-state index contributed by atoms with van der Waals surface area (Å²) >= 11 is 1.37. The molecule has 454 valence electrons. The van der Waals surface area contributed by atoms with Crippen molar-refractivity contribution in [3.8, 4) is 11.3 Å². The summed E-state index contributed by atoms with van der Waals surface area (Å²) in [6, 6.07) is 21.1. The Labute approximate surface area is 498 Å². The summed E-state index contributed by atoms with van der Waals surface area (Å²) in [7, 11) is -4.63. The molecule has 1 aliphatic heterocycles. The molecule has 20 nitrogen and oxygen atoms in total. The standard InChI is InChI=1S/C25H25N5O3S2.C19H27N3O2.C14H10F5N5O2S/c1-16-8-9-19(15-22(16)35(31,32)30-10-12-33-13-11-30)23-20-6-4-5-7-21(20)24(29-28-23)34-25-26-17(2)14-18(3)27-25;1-6-24-19(23)16-12-21-17-14(3)10-13(2)11-15(17)18(16)20-8-7-9-22(4)5;1-5-3-6(2)24-14(21-5)22-7(23-24)4-20-27(25,26)13-11(18)9(16)8(15)10(17)12(13)19/h4-9,14-15H,10-13H2,1-3H3;10-12H,6-9H2,1-5H3,(H,20,21);3,20H,4H2,1-2H3. The van der Waals surface area contributed by atoms with Gasteiger partial charge in [-0.15, -0.1) is 15.3 Å². The second kappa shape index (κ2) is 27.3. The van der Waals surface area contributed by atoms with Crippen LogP contribution in [0.15, 0.2) is 92.9 Å². The minimum absolute atomic E-state index is 0.122. The molecule has 0 aliphatic carbocycles. The van der Waals surface area contributed by atoms with Gasteiger partial charge >= 0.3 is 5.97 Å². The summed E-state index contributed by atoms with van der Waals surface area (Å²) in [5, 5.41) is 20.5. The lowest BCUT2D eigenvalue weighted by atomic mass is 10.0. The van der Waals surface area contributed by atoms with Gasteiger partial charge in [-0.05, 0) is 130 Å². The zero-order valence-electron chi connectivity index (χ0n) is 48.7. The Morgan fingerprint density at radius 2 is 1.41 bits per heavy atom. The number of ether oxygens (including phenoxy) is 2. The van der Waals surface area contributed by atoms with Crippen LogP contribution in [0.3, 0.4) is 0 Å². The van der Waals surface area contributed by atoms with E-state index in [-0.39, 0.29) is 22.5 Å². The van der Waals surface area contributed by atoms with Gasteiger partial charge < -0.3 is 19.7 Å². The highest BCUT2D eigenvalue weighted by atomic mass is 32.2. The molecule has 0 radical (unpaired) electrons. The molecule has 4 aromatic carbocycles. The molecule has 0 unspecified atom stereocenters. The van der Waals surface area contributed by atoms with Crippen molar-refractivity contribution in [1.82, 2.24) is 58.7 Å². The van der Waals surface area contributed by atoms with Gasteiger partial charge in [0.1, 0.15) is 16.3 Å². The molecule has 10 rings (SSSR count). The number of benzene rings is 4. The smallest absolute Gasteiger partial charge is 0.341 e. The first kappa shape index (κ1) is 64.3. The predicted molar refractivity (Wildman–Crippen MR) is 314 cm³/mol. The summed E-state index contributed by atoms with van der Waals surface area (Å²) in [4.78, 5) is 34.3. The number of carbonyl (C=O) groups excluding carboxylic acids is 1. The molecule has 9 aromatic rings. The van der Waals surface area contributed by atoms with Crippen molar-refractivity contribution in [2.45, 2.75) is 88.3 Å². The van der Waals surface area contributed by atoms with Crippen LogP contribution in [0.1, 0.15) is 69.0 Å². The number of rotatable bonds is 16. The maximum absolute atomic E-state index is 13.7. The summed E-state index contributed by atoms with van der Waals surface area (Å²) < 4.78 is 133. The van der Waals surface area contributed by atoms with E-state index >= 15 is 0 Å². The number of sulfonamides is 2. The van der Waals surface area contributed by atoms with Crippen molar-refractivity contribution in [2.24, 2.45) is 0 Å². The van der Waals surface area contributed by atoms with Crippen LogP contribution in [0.5, 0.6) is 0 Å². The van der Waals surface area contributed by atoms with Crippen LogP contribution in [-0.4, -0.2) is 137 Å². The van der Waals surface area contributed by atoms with Crippen molar-refractivity contribution in [3.63, 3.8) is 0 Å². The average molecular weight is 1240 g/mol. The Hall–Kier alpha value is -7.73. The van der Waals surface area contributed by atoms with E-state index in [0.29, 0.717) is 76.9 Å². The minimum atomic E-state index is -5.09. The Bertz CT molecular complexity index is 4220. The van der Waals surface area contributed by atoms with E-state index in [9.17, 15) is 43.6 Å². The second-order valence-corrected chi connectivity index (χ2v) is 24.8. The van der Waals surface area contributed by atoms with E-state index in [4.69, 9.17) is 9.47 Å². The van der Waals surface area contributed by atoms with E-state index in [1.165, 1.54) is 20.6 Å². The zero-order valence-corrected chi connectivity index (χ0v) is 51.1. The molecule has 28 heteroatoms. The van der Waals surface area contributed by atoms with Gasteiger partial charge in [0.05, 0.1) is 42.5 Å². The third kappa shape index (κ3) is 14.6. The maximum atomic E-state index is 13.7. The lowest BCUT2D eigenvalue weighted by Gasteiger charge is -2.26. The number of morpholine rings is 1. The van der Waals surface area contributed by atoms with Gasteiger partial charge in [0.25, 0.3) is 5.78 Å². The SMILES string of the molecule is CCOC(=O)c1cnc2c(C)cc(C)cc2c1NCCCN(C)C.Cc1cc(C)n2nc(CNS(=O)(=O)c3c(F)c(F)c(F)c(F)c3F)nc2n1.Cc1cc(C)nc(Sc2nnc(-c3ccc(C)c(S(=O)(=O)N4CCOCC4)c3)c3ccccc23)n1. The summed E-state index contributed by atoms with van der Waals surface area (Å²) in [6.07, 6.45) is 2.61. The monoisotopic (exact) mass is 1240 g/mol. The minimum Gasteiger partial charge on any atom is -0.462 e. The number of aromatic nitrogens is 9. The van der Waals surface area contributed by atoms with E-state index in [1.807, 2.05) is 77.1 Å². The molecule has 5 aromatic heterocycles. The highest BCUT2D eigenvalue weighted by Crippen LogP contribution is 2.36. The van der Waals surface area contributed by atoms with Crippen molar-refractivity contribution in [2.75, 3.05) is 65.4 Å². The first-order chi connectivity index (χ1) is 40.8. The van der Waals surface area contributed by atoms with Crippen LogP contribution in [-0.2, 0) is 36.1 Å². The van der Waals surface area contributed by atoms with E-state index in [2.05, 4.69) is 83.6 Å². The molecular weight excluding hydrogens is 1180 g/mol. The number of hydrogen-bond donors (Lipinski definition) is 2. The van der Waals surface area contributed by atoms with Gasteiger partial charge in [-0.2, -0.15) is 9.29 Å². The van der Waals surface area contributed by atoms with Crippen LogP contribution in [0, 0.1) is 77.6 Å². The number of halogens is 5. The fourth-order valence-corrected chi connectivity index (χ4v) is 13.0. The topological polar surface area (TPSA) is 242 Å².